The Balaban J connectivity index is 1.99. The summed E-state index contributed by atoms with van der Waals surface area (Å²) in [4.78, 5) is 23.4. The molecule has 0 fully saturated rings. The topological polar surface area (TPSA) is 98.5 Å². The van der Waals surface area contributed by atoms with Gasteiger partial charge in [0.1, 0.15) is 5.75 Å². The lowest BCUT2D eigenvalue weighted by Gasteiger charge is -2.07. The molecule has 0 aliphatic heterocycles. The van der Waals surface area contributed by atoms with Gasteiger partial charge in [-0.3, -0.25) is 13.8 Å². The molecule has 120 valence electrons. The Hall–Kier alpha value is -2.67. The highest BCUT2D eigenvalue weighted by Gasteiger charge is 2.07. The maximum atomic E-state index is 12.1. The van der Waals surface area contributed by atoms with Crippen molar-refractivity contribution in [3.63, 3.8) is 0 Å². The molecule has 2 amide bonds. The lowest BCUT2D eigenvalue weighted by molar-refractivity contribution is -0.119. The molecule has 2 aromatic carbocycles. The van der Waals surface area contributed by atoms with Crippen molar-refractivity contribution in [1.82, 2.24) is 0 Å². The quantitative estimate of drug-likeness (QED) is 0.838. The number of hydrogen-bond acceptors (Lipinski definition) is 4. The standard InChI is InChI=1S/C16H16N2O4S/c1-23(21)14-8-2-11(3-9-14)16(20)18-12-4-6-13(7-5-12)22-10-15(17)19/h2-9H,10H2,1H3,(H2,17,19)(H,18,20). The van der Waals surface area contributed by atoms with Crippen molar-refractivity contribution in [1.29, 1.82) is 0 Å². The molecule has 3 N–H and O–H groups in total. The van der Waals surface area contributed by atoms with E-state index < -0.39 is 16.7 Å². The smallest absolute Gasteiger partial charge is 0.255 e. The molecule has 1 atom stereocenters. The van der Waals surface area contributed by atoms with Crippen molar-refractivity contribution >= 4 is 28.3 Å². The zero-order valence-electron chi connectivity index (χ0n) is 12.4. The second-order valence-corrected chi connectivity index (χ2v) is 6.09. The first-order valence-electron chi connectivity index (χ1n) is 6.72. The minimum Gasteiger partial charge on any atom is -0.484 e. The summed E-state index contributed by atoms with van der Waals surface area (Å²) in [6, 6.07) is 13.1. The zero-order chi connectivity index (χ0) is 16.8. The maximum absolute atomic E-state index is 12.1. The molecular formula is C16H16N2O4S. The van der Waals surface area contributed by atoms with E-state index in [2.05, 4.69) is 5.32 Å². The molecule has 2 rings (SSSR count). The molecule has 0 aliphatic carbocycles. The zero-order valence-corrected chi connectivity index (χ0v) is 13.3. The molecule has 7 heteroatoms. The number of ether oxygens (including phenoxy) is 1. The van der Waals surface area contributed by atoms with Crippen LogP contribution in [0.15, 0.2) is 53.4 Å². The van der Waals surface area contributed by atoms with Crippen LogP contribution in [-0.4, -0.2) is 28.9 Å². The number of nitrogens with two attached hydrogens (primary N) is 1. The highest BCUT2D eigenvalue weighted by molar-refractivity contribution is 7.84. The predicted molar refractivity (Wildman–Crippen MR) is 87.9 cm³/mol. The van der Waals surface area contributed by atoms with E-state index in [1.54, 1.807) is 54.8 Å². The van der Waals surface area contributed by atoms with Gasteiger partial charge in [-0.05, 0) is 48.5 Å². The van der Waals surface area contributed by atoms with Gasteiger partial charge in [-0.25, -0.2) is 0 Å². The number of benzene rings is 2. The lowest BCUT2D eigenvalue weighted by atomic mass is 10.2. The average Bonchev–Trinajstić information content (AvgIpc) is 2.54. The normalized spacial score (nSPS) is 11.5. The van der Waals surface area contributed by atoms with Gasteiger partial charge in [0.2, 0.25) is 0 Å². The molecule has 0 spiro atoms. The van der Waals surface area contributed by atoms with Gasteiger partial charge in [0.15, 0.2) is 6.61 Å². The average molecular weight is 332 g/mol. The van der Waals surface area contributed by atoms with E-state index in [0.717, 1.165) is 0 Å². The van der Waals surface area contributed by atoms with Crippen molar-refractivity contribution in [2.75, 3.05) is 18.2 Å². The molecule has 6 nitrogen and oxygen atoms in total. The number of nitrogens with one attached hydrogen (secondary N) is 1. The van der Waals surface area contributed by atoms with E-state index in [9.17, 15) is 13.8 Å². The molecule has 2 aromatic rings. The first kappa shape index (κ1) is 16.7. The van der Waals surface area contributed by atoms with Crippen LogP contribution in [0.5, 0.6) is 5.75 Å². The molecule has 0 heterocycles. The highest BCUT2D eigenvalue weighted by atomic mass is 32.2. The van der Waals surface area contributed by atoms with Crippen LogP contribution >= 0.6 is 0 Å². The van der Waals surface area contributed by atoms with Gasteiger partial charge in [-0.1, -0.05) is 0 Å². The minimum atomic E-state index is -1.08. The molecule has 0 saturated heterocycles. The van der Waals surface area contributed by atoms with Gasteiger partial charge in [-0.15, -0.1) is 0 Å². The Bertz CT molecular complexity index is 727. The molecule has 0 radical (unpaired) electrons. The summed E-state index contributed by atoms with van der Waals surface area (Å²) in [5.41, 5.74) is 6.04. The van der Waals surface area contributed by atoms with Crippen LogP contribution in [0, 0.1) is 0 Å². The van der Waals surface area contributed by atoms with E-state index in [0.29, 0.717) is 21.9 Å². The number of hydrogen-bond donors (Lipinski definition) is 2. The summed E-state index contributed by atoms with van der Waals surface area (Å²) >= 11 is 0. The summed E-state index contributed by atoms with van der Waals surface area (Å²) in [5.74, 6) is -0.348. The monoisotopic (exact) mass is 332 g/mol. The fourth-order valence-electron chi connectivity index (χ4n) is 1.79. The molecule has 1 unspecified atom stereocenters. The number of carbonyl (C=O) groups is 2. The SMILES string of the molecule is CS(=O)c1ccc(C(=O)Nc2ccc(OCC(N)=O)cc2)cc1. The molecule has 0 saturated carbocycles. The first-order valence-corrected chi connectivity index (χ1v) is 8.27. The van der Waals surface area contributed by atoms with Crippen LogP contribution in [0.1, 0.15) is 10.4 Å². The summed E-state index contributed by atoms with van der Waals surface area (Å²) in [6.45, 7) is -0.198. The fourth-order valence-corrected chi connectivity index (χ4v) is 2.31. The Labute approximate surface area is 136 Å². The second kappa shape index (κ2) is 7.55. The van der Waals surface area contributed by atoms with Crippen molar-refractivity contribution in [2.24, 2.45) is 5.73 Å². The number of amides is 2. The molecule has 0 aliphatic rings. The van der Waals surface area contributed by atoms with Crippen LogP contribution in [-0.2, 0) is 15.6 Å². The van der Waals surface area contributed by atoms with Crippen LogP contribution in [0.25, 0.3) is 0 Å². The number of rotatable bonds is 6. The van der Waals surface area contributed by atoms with Gasteiger partial charge in [0, 0.05) is 33.2 Å². The van der Waals surface area contributed by atoms with E-state index in [1.807, 2.05) is 0 Å². The molecule has 0 bridgehead atoms. The van der Waals surface area contributed by atoms with Crippen LogP contribution in [0.2, 0.25) is 0 Å². The molecule has 23 heavy (non-hydrogen) atoms. The Morgan fingerprint density at radius 2 is 1.70 bits per heavy atom. The van der Waals surface area contributed by atoms with E-state index in [4.69, 9.17) is 10.5 Å². The maximum Gasteiger partial charge on any atom is 0.255 e. The predicted octanol–water partition coefficient (Wildman–Crippen LogP) is 1.54. The third-order valence-electron chi connectivity index (χ3n) is 2.94. The Morgan fingerprint density at radius 3 is 2.22 bits per heavy atom. The second-order valence-electron chi connectivity index (χ2n) is 4.71. The largest absolute Gasteiger partial charge is 0.484 e. The van der Waals surface area contributed by atoms with Crippen molar-refractivity contribution in [3.8, 4) is 5.75 Å². The summed E-state index contributed by atoms with van der Waals surface area (Å²) in [6.07, 6.45) is 1.58. The van der Waals surface area contributed by atoms with Crippen LogP contribution in [0.4, 0.5) is 5.69 Å². The van der Waals surface area contributed by atoms with Gasteiger partial charge >= 0.3 is 0 Å². The van der Waals surface area contributed by atoms with E-state index in [1.165, 1.54) is 0 Å². The number of anilines is 1. The Morgan fingerprint density at radius 1 is 1.09 bits per heavy atom. The van der Waals surface area contributed by atoms with Crippen LogP contribution < -0.4 is 15.8 Å². The van der Waals surface area contributed by atoms with Gasteiger partial charge < -0.3 is 15.8 Å². The number of carbonyl (C=O) groups excluding carboxylic acids is 2. The highest BCUT2D eigenvalue weighted by Crippen LogP contribution is 2.17. The number of primary amides is 1. The lowest BCUT2D eigenvalue weighted by Crippen LogP contribution is -2.20. The van der Waals surface area contributed by atoms with Crippen molar-refractivity contribution in [3.05, 3.63) is 54.1 Å². The van der Waals surface area contributed by atoms with E-state index >= 15 is 0 Å². The van der Waals surface area contributed by atoms with Crippen molar-refractivity contribution in [2.45, 2.75) is 4.90 Å². The molecular weight excluding hydrogens is 316 g/mol. The Kier molecular flexibility index (Phi) is 5.48. The summed E-state index contributed by atoms with van der Waals surface area (Å²) in [7, 11) is -1.08. The van der Waals surface area contributed by atoms with Crippen molar-refractivity contribution < 1.29 is 18.5 Å². The van der Waals surface area contributed by atoms with Gasteiger partial charge in [-0.2, -0.15) is 0 Å². The van der Waals surface area contributed by atoms with E-state index in [-0.39, 0.29) is 12.5 Å². The molecule has 0 aromatic heterocycles. The summed E-state index contributed by atoms with van der Waals surface area (Å²) in [5, 5.41) is 2.74. The fraction of sp³-hybridized carbons (Fsp3) is 0.125. The summed E-state index contributed by atoms with van der Waals surface area (Å²) < 4.78 is 16.4. The van der Waals surface area contributed by atoms with Crippen LogP contribution in [0.3, 0.4) is 0 Å². The third kappa shape index (κ3) is 4.93. The third-order valence-corrected chi connectivity index (χ3v) is 3.88. The van der Waals surface area contributed by atoms with Gasteiger partial charge in [0.25, 0.3) is 11.8 Å². The first-order chi connectivity index (χ1) is 11.0. The minimum absolute atomic E-state index is 0.198. The van der Waals surface area contributed by atoms with Gasteiger partial charge in [0.05, 0.1) is 0 Å².